The minimum atomic E-state index is -0.787. The Bertz CT molecular complexity index is 511. The second-order valence-corrected chi connectivity index (χ2v) is 6.01. The fourth-order valence-corrected chi connectivity index (χ4v) is 2.96. The largest absolute Gasteiger partial charge is 0.388 e. The fraction of sp³-hybridized carbons (Fsp3) is 0.667. The number of nitrogens with one attached hydrogen (secondary N) is 1. The third-order valence-electron chi connectivity index (χ3n) is 4.51. The molecule has 1 aromatic rings. The SMILES string of the molecule is CCC1CCC(O)(CNc2nccc(C)c2[N+](=O)[O-])CC1. The lowest BCUT2D eigenvalue weighted by Gasteiger charge is -2.35. The van der Waals surface area contributed by atoms with Crippen LogP contribution in [0.4, 0.5) is 11.5 Å². The van der Waals surface area contributed by atoms with Gasteiger partial charge in [0.15, 0.2) is 0 Å². The van der Waals surface area contributed by atoms with Gasteiger partial charge in [-0.25, -0.2) is 4.98 Å². The Morgan fingerprint density at radius 2 is 2.19 bits per heavy atom. The molecule has 2 rings (SSSR count). The second-order valence-electron chi connectivity index (χ2n) is 6.01. The van der Waals surface area contributed by atoms with Crippen LogP contribution in [-0.4, -0.2) is 27.2 Å². The molecule has 6 nitrogen and oxygen atoms in total. The van der Waals surface area contributed by atoms with E-state index in [9.17, 15) is 15.2 Å². The third-order valence-corrected chi connectivity index (χ3v) is 4.51. The number of aryl methyl sites for hydroxylation is 1. The number of hydrogen-bond donors (Lipinski definition) is 2. The highest BCUT2D eigenvalue weighted by Crippen LogP contribution is 2.34. The fourth-order valence-electron chi connectivity index (χ4n) is 2.96. The van der Waals surface area contributed by atoms with Crippen LogP contribution in [0.25, 0.3) is 0 Å². The van der Waals surface area contributed by atoms with E-state index < -0.39 is 10.5 Å². The minimum absolute atomic E-state index is 0.0108. The molecule has 0 aromatic carbocycles. The Labute approximate surface area is 124 Å². The van der Waals surface area contributed by atoms with Crippen LogP contribution in [-0.2, 0) is 0 Å². The monoisotopic (exact) mass is 293 g/mol. The summed E-state index contributed by atoms with van der Waals surface area (Å²) >= 11 is 0. The van der Waals surface area contributed by atoms with Gasteiger partial charge in [0.25, 0.3) is 0 Å². The van der Waals surface area contributed by atoms with Gasteiger partial charge in [-0.3, -0.25) is 10.1 Å². The molecule has 1 saturated carbocycles. The Balaban J connectivity index is 2.04. The Morgan fingerprint density at radius 1 is 1.52 bits per heavy atom. The van der Waals surface area contributed by atoms with Gasteiger partial charge in [0.05, 0.1) is 10.5 Å². The van der Waals surface area contributed by atoms with E-state index in [1.165, 1.54) is 0 Å². The summed E-state index contributed by atoms with van der Waals surface area (Å²) in [5, 5.41) is 24.7. The van der Waals surface area contributed by atoms with Crippen molar-refractivity contribution in [3.63, 3.8) is 0 Å². The molecular weight excluding hydrogens is 270 g/mol. The van der Waals surface area contributed by atoms with Crippen molar-refractivity contribution in [3.8, 4) is 0 Å². The molecule has 6 heteroatoms. The zero-order chi connectivity index (χ0) is 15.5. The predicted molar refractivity (Wildman–Crippen MR) is 81.3 cm³/mol. The lowest BCUT2D eigenvalue weighted by Crippen LogP contribution is -2.40. The van der Waals surface area contributed by atoms with Crippen LogP contribution in [0, 0.1) is 23.0 Å². The summed E-state index contributed by atoms with van der Waals surface area (Å²) in [6, 6.07) is 1.62. The summed E-state index contributed by atoms with van der Waals surface area (Å²) in [5.74, 6) is 0.933. The van der Waals surface area contributed by atoms with E-state index in [0.29, 0.717) is 18.0 Å². The molecule has 0 atom stereocenters. The van der Waals surface area contributed by atoms with Crippen LogP contribution < -0.4 is 5.32 Å². The zero-order valence-electron chi connectivity index (χ0n) is 12.6. The van der Waals surface area contributed by atoms with Crippen molar-refractivity contribution in [1.29, 1.82) is 0 Å². The Kier molecular flexibility index (Phi) is 4.77. The van der Waals surface area contributed by atoms with Crippen molar-refractivity contribution in [3.05, 3.63) is 27.9 Å². The maximum atomic E-state index is 11.1. The van der Waals surface area contributed by atoms with E-state index in [1.54, 1.807) is 19.2 Å². The molecule has 0 bridgehead atoms. The van der Waals surface area contributed by atoms with Crippen molar-refractivity contribution in [2.45, 2.75) is 51.6 Å². The highest BCUT2D eigenvalue weighted by atomic mass is 16.6. The molecule has 0 saturated heterocycles. The average Bonchev–Trinajstić information content (AvgIpc) is 2.46. The Hall–Kier alpha value is -1.69. The number of aromatic nitrogens is 1. The van der Waals surface area contributed by atoms with E-state index >= 15 is 0 Å². The van der Waals surface area contributed by atoms with Gasteiger partial charge in [-0.05, 0) is 44.6 Å². The van der Waals surface area contributed by atoms with Crippen LogP contribution in [0.3, 0.4) is 0 Å². The summed E-state index contributed by atoms with van der Waals surface area (Å²) in [6.45, 7) is 4.17. The number of nitro groups is 1. The van der Waals surface area contributed by atoms with Gasteiger partial charge >= 0.3 is 5.69 Å². The topological polar surface area (TPSA) is 88.3 Å². The van der Waals surface area contributed by atoms with Gasteiger partial charge in [0, 0.05) is 18.3 Å². The molecular formula is C15H23N3O3. The Morgan fingerprint density at radius 3 is 2.76 bits per heavy atom. The quantitative estimate of drug-likeness (QED) is 0.643. The zero-order valence-corrected chi connectivity index (χ0v) is 12.6. The minimum Gasteiger partial charge on any atom is -0.388 e. The molecule has 116 valence electrons. The molecule has 0 aliphatic heterocycles. The molecule has 21 heavy (non-hydrogen) atoms. The first kappa shape index (κ1) is 15.7. The molecule has 0 unspecified atom stereocenters. The van der Waals surface area contributed by atoms with Gasteiger partial charge in [-0.1, -0.05) is 13.3 Å². The highest BCUT2D eigenvalue weighted by molar-refractivity contribution is 5.59. The van der Waals surface area contributed by atoms with E-state index in [4.69, 9.17) is 0 Å². The molecule has 0 radical (unpaired) electrons. The van der Waals surface area contributed by atoms with Crippen LogP contribution in [0.15, 0.2) is 12.3 Å². The summed E-state index contributed by atoms with van der Waals surface area (Å²) in [7, 11) is 0. The number of hydrogen-bond acceptors (Lipinski definition) is 5. The summed E-state index contributed by atoms with van der Waals surface area (Å²) < 4.78 is 0. The maximum Gasteiger partial charge on any atom is 0.314 e. The van der Waals surface area contributed by atoms with Gasteiger partial charge in [0.2, 0.25) is 5.82 Å². The lowest BCUT2D eigenvalue weighted by molar-refractivity contribution is -0.384. The number of aliphatic hydroxyl groups is 1. The summed E-state index contributed by atoms with van der Waals surface area (Å²) in [5.41, 5.74) is -0.229. The smallest absolute Gasteiger partial charge is 0.314 e. The van der Waals surface area contributed by atoms with E-state index in [2.05, 4.69) is 17.2 Å². The van der Waals surface area contributed by atoms with Crippen molar-refractivity contribution in [2.24, 2.45) is 5.92 Å². The normalized spacial score (nSPS) is 25.6. The van der Waals surface area contributed by atoms with Gasteiger partial charge < -0.3 is 10.4 Å². The van der Waals surface area contributed by atoms with Crippen LogP contribution >= 0.6 is 0 Å². The van der Waals surface area contributed by atoms with E-state index in [0.717, 1.165) is 32.1 Å². The first-order chi connectivity index (χ1) is 9.95. The standard InChI is InChI=1S/C15H23N3O3/c1-3-12-4-7-15(19,8-5-12)10-17-14-13(18(20)21)11(2)6-9-16-14/h6,9,12,19H,3-5,7-8,10H2,1-2H3,(H,16,17). The maximum absolute atomic E-state index is 11.1. The van der Waals surface area contributed by atoms with E-state index in [1.807, 2.05) is 0 Å². The van der Waals surface area contributed by atoms with Crippen LogP contribution in [0.1, 0.15) is 44.6 Å². The number of anilines is 1. The van der Waals surface area contributed by atoms with Crippen LogP contribution in [0.5, 0.6) is 0 Å². The molecule has 2 N–H and O–H groups in total. The van der Waals surface area contributed by atoms with E-state index in [-0.39, 0.29) is 11.5 Å². The third kappa shape index (κ3) is 3.69. The number of pyridine rings is 1. The van der Waals surface area contributed by atoms with Crippen molar-refractivity contribution in [2.75, 3.05) is 11.9 Å². The van der Waals surface area contributed by atoms with Gasteiger partial charge in [-0.2, -0.15) is 0 Å². The summed E-state index contributed by atoms with van der Waals surface area (Å²) in [6.07, 6.45) is 6.18. The lowest BCUT2D eigenvalue weighted by atomic mass is 9.78. The molecule has 0 amide bonds. The molecule has 1 aliphatic carbocycles. The predicted octanol–water partition coefficient (Wildman–Crippen LogP) is 3.04. The number of nitrogens with zero attached hydrogens (tertiary/aromatic N) is 2. The highest BCUT2D eigenvalue weighted by Gasteiger charge is 2.33. The van der Waals surface area contributed by atoms with Gasteiger partial charge in [0.1, 0.15) is 0 Å². The average molecular weight is 293 g/mol. The van der Waals surface area contributed by atoms with Crippen molar-refractivity contribution >= 4 is 11.5 Å². The summed E-state index contributed by atoms with van der Waals surface area (Å²) in [4.78, 5) is 14.7. The first-order valence-electron chi connectivity index (χ1n) is 7.51. The van der Waals surface area contributed by atoms with Crippen molar-refractivity contribution in [1.82, 2.24) is 4.98 Å². The van der Waals surface area contributed by atoms with Crippen LogP contribution in [0.2, 0.25) is 0 Å². The van der Waals surface area contributed by atoms with Crippen molar-refractivity contribution < 1.29 is 10.0 Å². The molecule has 1 fully saturated rings. The molecule has 1 aromatic heterocycles. The molecule has 1 heterocycles. The van der Waals surface area contributed by atoms with Gasteiger partial charge in [-0.15, -0.1) is 0 Å². The molecule has 1 aliphatic rings. The second kappa shape index (κ2) is 6.39. The molecule has 0 spiro atoms. The number of rotatable bonds is 5. The first-order valence-corrected chi connectivity index (χ1v) is 7.51.